The van der Waals surface area contributed by atoms with Gasteiger partial charge in [0.25, 0.3) is 0 Å². The number of carboxylic acids is 1. The van der Waals surface area contributed by atoms with Gasteiger partial charge in [-0.1, -0.05) is 0 Å². The number of nitrogens with zero attached hydrogens (tertiary/aromatic N) is 3. The first-order valence-electron chi connectivity index (χ1n) is 6.17. The highest BCUT2D eigenvalue weighted by molar-refractivity contribution is 5.76. The Hall–Kier alpha value is -1.57. The van der Waals surface area contributed by atoms with Crippen molar-refractivity contribution in [2.75, 3.05) is 13.1 Å². The number of aromatic nitrogens is 2. The Labute approximate surface area is 114 Å². The summed E-state index contributed by atoms with van der Waals surface area (Å²) in [5.74, 6) is -1.80. The molecule has 1 saturated heterocycles. The number of carbonyl (C=O) groups is 1. The molecule has 1 N–H and O–H groups in total. The van der Waals surface area contributed by atoms with Gasteiger partial charge >= 0.3 is 12.1 Å². The fourth-order valence-electron chi connectivity index (χ4n) is 2.49. The Morgan fingerprint density at radius 3 is 2.60 bits per heavy atom. The number of hydrogen-bond donors (Lipinski definition) is 1. The third-order valence-corrected chi connectivity index (χ3v) is 4.03. The number of alkyl halides is 3. The van der Waals surface area contributed by atoms with Crippen LogP contribution in [0.15, 0.2) is 6.20 Å². The highest BCUT2D eigenvalue weighted by Gasteiger charge is 2.63. The first kappa shape index (κ1) is 14.8. The molecule has 20 heavy (non-hydrogen) atoms. The number of likely N-dealkylation sites (tertiary alicyclic amines) is 1. The smallest absolute Gasteiger partial charge is 0.406 e. The molecule has 1 aliphatic heterocycles. The summed E-state index contributed by atoms with van der Waals surface area (Å²) in [4.78, 5) is 12.6. The van der Waals surface area contributed by atoms with E-state index in [-0.39, 0.29) is 13.1 Å². The Kier molecular flexibility index (Phi) is 3.53. The van der Waals surface area contributed by atoms with Gasteiger partial charge in [0, 0.05) is 37.9 Å². The molecule has 1 unspecified atom stereocenters. The van der Waals surface area contributed by atoms with Crippen LogP contribution in [0, 0.1) is 12.3 Å². The Balaban J connectivity index is 2.15. The minimum Gasteiger partial charge on any atom is -0.481 e. The monoisotopic (exact) mass is 291 g/mol. The quantitative estimate of drug-likeness (QED) is 0.918. The van der Waals surface area contributed by atoms with Crippen molar-refractivity contribution in [3.8, 4) is 0 Å². The predicted octanol–water partition coefficient (Wildman–Crippen LogP) is 1.57. The molecule has 0 spiro atoms. The van der Waals surface area contributed by atoms with Crippen LogP contribution in [0.3, 0.4) is 0 Å². The van der Waals surface area contributed by atoms with Gasteiger partial charge in [-0.2, -0.15) is 18.3 Å². The van der Waals surface area contributed by atoms with Gasteiger partial charge in [0.05, 0.1) is 6.20 Å². The van der Waals surface area contributed by atoms with Crippen LogP contribution in [0.5, 0.6) is 0 Å². The molecule has 1 aliphatic rings. The first-order chi connectivity index (χ1) is 9.17. The van der Waals surface area contributed by atoms with E-state index in [1.165, 1.54) is 4.90 Å². The van der Waals surface area contributed by atoms with E-state index >= 15 is 0 Å². The van der Waals surface area contributed by atoms with Crippen LogP contribution in [-0.4, -0.2) is 45.0 Å². The molecule has 0 amide bonds. The van der Waals surface area contributed by atoms with Crippen LogP contribution in [0.4, 0.5) is 13.2 Å². The normalized spacial score (nSPS) is 24.2. The molecule has 1 aromatic heterocycles. The van der Waals surface area contributed by atoms with E-state index in [9.17, 15) is 18.0 Å². The minimum atomic E-state index is -4.74. The van der Waals surface area contributed by atoms with E-state index in [0.29, 0.717) is 0 Å². The average molecular weight is 291 g/mol. The zero-order chi connectivity index (χ0) is 15.1. The first-order valence-corrected chi connectivity index (χ1v) is 6.17. The number of halogens is 3. The molecule has 0 bridgehead atoms. The molecule has 2 heterocycles. The lowest BCUT2D eigenvalue weighted by molar-refractivity contribution is -0.227. The van der Waals surface area contributed by atoms with Crippen molar-refractivity contribution in [3.05, 3.63) is 17.5 Å². The van der Waals surface area contributed by atoms with Gasteiger partial charge in [0.1, 0.15) is 0 Å². The summed E-state index contributed by atoms with van der Waals surface area (Å²) in [5.41, 5.74) is -0.968. The number of carboxylic acid groups (broad SMARTS) is 1. The molecular weight excluding hydrogens is 275 g/mol. The summed E-state index contributed by atoms with van der Waals surface area (Å²) in [6.07, 6.45) is -3.55. The number of aliphatic carboxylic acids is 1. The third-order valence-electron chi connectivity index (χ3n) is 4.03. The molecule has 0 aliphatic carbocycles. The molecule has 5 nitrogen and oxygen atoms in total. The molecule has 8 heteroatoms. The van der Waals surface area contributed by atoms with Gasteiger partial charge in [-0.3, -0.25) is 14.4 Å². The van der Waals surface area contributed by atoms with Crippen LogP contribution in [-0.2, 0) is 18.4 Å². The van der Waals surface area contributed by atoms with Crippen molar-refractivity contribution in [3.63, 3.8) is 0 Å². The number of rotatable bonds is 3. The third kappa shape index (κ3) is 2.28. The van der Waals surface area contributed by atoms with Crippen molar-refractivity contribution in [1.29, 1.82) is 0 Å². The zero-order valence-electron chi connectivity index (χ0n) is 11.2. The largest absolute Gasteiger partial charge is 0.481 e. The van der Waals surface area contributed by atoms with Crippen molar-refractivity contribution in [2.24, 2.45) is 12.5 Å². The summed E-state index contributed by atoms with van der Waals surface area (Å²) in [5, 5.41) is 13.0. The predicted molar refractivity (Wildman–Crippen MR) is 64.0 cm³/mol. The molecule has 2 rings (SSSR count). The highest BCUT2D eigenvalue weighted by Crippen LogP contribution is 2.46. The second-order valence-corrected chi connectivity index (χ2v) is 5.22. The Morgan fingerprint density at radius 1 is 1.55 bits per heavy atom. The van der Waals surface area contributed by atoms with Crippen molar-refractivity contribution in [2.45, 2.75) is 26.1 Å². The minimum absolute atomic E-state index is 0.111. The standard InChI is InChI=1S/C12H16F3N3O2/c1-8-9(5-16-17(8)2)6-18-4-3-11(7-18,10(19)20)12(13,14)15/h5H,3-4,6-7H2,1-2H3,(H,19,20). The van der Waals surface area contributed by atoms with E-state index in [0.717, 1.165) is 11.3 Å². The molecule has 1 fully saturated rings. The SMILES string of the molecule is Cc1c(CN2CCC(C(=O)O)(C(F)(F)F)C2)cnn1C. The van der Waals surface area contributed by atoms with Crippen LogP contribution in [0.1, 0.15) is 17.7 Å². The average Bonchev–Trinajstić information content (AvgIpc) is 2.89. The summed E-state index contributed by atoms with van der Waals surface area (Å²) in [6.45, 7) is 1.71. The van der Waals surface area contributed by atoms with Crippen LogP contribution >= 0.6 is 0 Å². The van der Waals surface area contributed by atoms with E-state index < -0.39 is 30.5 Å². The van der Waals surface area contributed by atoms with Crippen molar-refractivity contribution in [1.82, 2.24) is 14.7 Å². The topological polar surface area (TPSA) is 58.4 Å². The molecule has 1 aromatic rings. The zero-order valence-corrected chi connectivity index (χ0v) is 11.2. The Morgan fingerprint density at radius 2 is 2.20 bits per heavy atom. The lowest BCUT2D eigenvalue weighted by Crippen LogP contribution is -2.47. The summed E-state index contributed by atoms with van der Waals surface area (Å²) in [6, 6.07) is 0. The maximum Gasteiger partial charge on any atom is 0.406 e. The van der Waals surface area contributed by atoms with Gasteiger partial charge in [-0.05, 0) is 13.3 Å². The van der Waals surface area contributed by atoms with E-state index in [4.69, 9.17) is 5.11 Å². The van der Waals surface area contributed by atoms with Crippen LogP contribution < -0.4 is 0 Å². The summed E-state index contributed by atoms with van der Waals surface area (Å²) < 4.78 is 40.8. The second-order valence-electron chi connectivity index (χ2n) is 5.22. The highest BCUT2D eigenvalue weighted by atomic mass is 19.4. The van der Waals surface area contributed by atoms with Gasteiger partial charge < -0.3 is 5.11 Å². The number of aryl methyl sites for hydroxylation is 1. The molecule has 112 valence electrons. The Bertz CT molecular complexity index is 527. The van der Waals surface area contributed by atoms with Gasteiger partial charge in [0.15, 0.2) is 5.41 Å². The molecule has 1 atom stereocenters. The maximum absolute atomic E-state index is 13.0. The fraction of sp³-hybridized carbons (Fsp3) is 0.667. The van der Waals surface area contributed by atoms with Crippen molar-refractivity contribution >= 4 is 5.97 Å². The molecule has 0 aromatic carbocycles. The molecule has 0 saturated carbocycles. The van der Waals surface area contributed by atoms with Gasteiger partial charge in [0.2, 0.25) is 0 Å². The maximum atomic E-state index is 13.0. The van der Waals surface area contributed by atoms with E-state index in [1.807, 2.05) is 6.92 Å². The van der Waals surface area contributed by atoms with Gasteiger partial charge in [-0.15, -0.1) is 0 Å². The summed E-state index contributed by atoms with van der Waals surface area (Å²) in [7, 11) is 1.75. The van der Waals surface area contributed by atoms with Crippen molar-refractivity contribution < 1.29 is 23.1 Å². The summed E-state index contributed by atoms with van der Waals surface area (Å²) >= 11 is 0. The van der Waals surface area contributed by atoms with Gasteiger partial charge in [-0.25, -0.2) is 0 Å². The van der Waals surface area contributed by atoms with Crippen LogP contribution in [0.25, 0.3) is 0 Å². The lowest BCUT2D eigenvalue weighted by atomic mass is 9.86. The molecule has 0 radical (unpaired) electrons. The van der Waals surface area contributed by atoms with E-state index in [2.05, 4.69) is 5.10 Å². The second kappa shape index (κ2) is 4.76. The molecular formula is C12H16F3N3O2. The van der Waals surface area contributed by atoms with Crippen LogP contribution in [0.2, 0.25) is 0 Å². The van der Waals surface area contributed by atoms with E-state index in [1.54, 1.807) is 17.9 Å². The lowest BCUT2D eigenvalue weighted by Gasteiger charge is -2.27. The number of hydrogen-bond acceptors (Lipinski definition) is 3. The fourth-order valence-corrected chi connectivity index (χ4v) is 2.49.